The van der Waals surface area contributed by atoms with E-state index in [-0.39, 0.29) is 5.91 Å². The predicted octanol–water partition coefficient (Wildman–Crippen LogP) is 2.50. The molecule has 0 aliphatic heterocycles. The summed E-state index contributed by atoms with van der Waals surface area (Å²) in [6.07, 6.45) is 4.80. The van der Waals surface area contributed by atoms with Gasteiger partial charge < -0.3 is 16.0 Å². The van der Waals surface area contributed by atoms with Gasteiger partial charge in [0, 0.05) is 35.9 Å². The molecule has 2 rings (SSSR count). The number of hydrogen-bond acceptors (Lipinski definition) is 4. The van der Waals surface area contributed by atoms with Gasteiger partial charge in [0.15, 0.2) is 5.16 Å². The number of imidazole rings is 1. The maximum atomic E-state index is 11.7. The Balaban J connectivity index is 1.67. The molecule has 0 atom stereocenters. The first-order valence-electron chi connectivity index (χ1n) is 6.01. The summed E-state index contributed by atoms with van der Waals surface area (Å²) in [4.78, 5) is 18.8. The Morgan fingerprint density at radius 2 is 2.37 bits per heavy atom. The molecular weight excluding hydrogens is 260 g/mol. The van der Waals surface area contributed by atoms with Crippen molar-refractivity contribution in [1.29, 1.82) is 0 Å². The molecule has 1 heterocycles. The maximum absolute atomic E-state index is 11.7. The molecule has 1 amide bonds. The lowest BCUT2D eigenvalue weighted by molar-refractivity contribution is -0.116. The fourth-order valence-electron chi connectivity index (χ4n) is 1.57. The monoisotopic (exact) mass is 276 g/mol. The van der Waals surface area contributed by atoms with E-state index in [9.17, 15) is 4.79 Å². The molecular formula is C13H16N4OS. The van der Waals surface area contributed by atoms with Crippen molar-refractivity contribution >= 4 is 29.0 Å². The van der Waals surface area contributed by atoms with Crippen LogP contribution in [0.15, 0.2) is 41.8 Å². The van der Waals surface area contributed by atoms with Gasteiger partial charge in [0.1, 0.15) is 0 Å². The van der Waals surface area contributed by atoms with E-state index in [0.29, 0.717) is 12.1 Å². The van der Waals surface area contributed by atoms with Crippen molar-refractivity contribution in [3.8, 4) is 0 Å². The number of nitrogens with zero attached hydrogens (tertiary/aromatic N) is 1. The summed E-state index contributed by atoms with van der Waals surface area (Å²) in [6, 6.07) is 7.18. The highest BCUT2D eigenvalue weighted by molar-refractivity contribution is 7.99. The fraction of sp³-hybridized carbons (Fsp3) is 0.231. The van der Waals surface area contributed by atoms with Crippen molar-refractivity contribution in [3.05, 3.63) is 36.7 Å². The van der Waals surface area contributed by atoms with E-state index in [2.05, 4.69) is 15.3 Å². The van der Waals surface area contributed by atoms with E-state index < -0.39 is 0 Å². The summed E-state index contributed by atoms with van der Waals surface area (Å²) >= 11 is 1.61. The van der Waals surface area contributed by atoms with Crippen LogP contribution in [0.3, 0.4) is 0 Å². The smallest absolute Gasteiger partial charge is 0.224 e. The van der Waals surface area contributed by atoms with Crippen molar-refractivity contribution in [3.63, 3.8) is 0 Å². The topological polar surface area (TPSA) is 83.8 Å². The van der Waals surface area contributed by atoms with E-state index in [4.69, 9.17) is 5.73 Å². The van der Waals surface area contributed by atoms with Crippen molar-refractivity contribution < 1.29 is 4.79 Å². The molecule has 1 aromatic heterocycles. The number of aromatic amines is 1. The minimum atomic E-state index is 0.00523. The van der Waals surface area contributed by atoms with Crippen molar-refractivity contribution in [2.45, 2.75) is 18.0 Å². The largest absolute Gasteiger partial charge is 0.399 e. The van der Waals surface area contributed by atoms with Crippen molar-refractivity contribution in [2.75, 3.05) is 16.8 Å². The highest BCUT2D eigenvalue weighted by Crippen LogP contribution is 2.15. The number of anilines is 2. The number of thioether (sulfide) groups is 1. The molecule has 0 unspecified atom stereocenters. The van der Waals surface area contributed by atoms with E-state index in [0.717, 1.165) is 23.0 Å². The van der Waals surface area contributed by atoms with Crippen LogP contribution in [0.25, 0.3) is 0 Å². The predicted molar refractivity (Wildman–Crippen MR) is 78.0 cm³/mol. The van der Waals surface area contributed by atoms with Gasteiger partial charge in [-0.3, -0.25) is 4.79 Å². The number of nitrogens with two attached hydrogens (primary N) is 1. The summed E-state index contributed by atoms with van der Waals surface area (Å²) in [7, 11) is 0. The molecule has 100 valence electrons. The van der Waals surface area contributed by atoms with Crippen LogP contribution in [0.5, 0.6) is 0 Å². The van der Waals surface area contributed by atoms with Crippen LogP contribution in [-0.4, -0.2) is 21.6 Å². The zero-order valence-electron chi connectivity index (χ0n) is 10.4. The number of amides is 1. The molecule has 19 heavy (non-hydrogen) atoms. The number of rotatable bonds is 6. The maximum Gasteiger partial charge on any atom is 0.224 e. The van der Waals surface area contributed by atoms with Gasteiger partial charge in [0.05, 0.1) is 0 Å². The Kier molecular flexibility index (Phi) is 4.85. The number of benzene rings is 1. The Hall–Kier alpha value is -1.95. The molecule has 0 aliphatic carbocycles. The normalized spacial score (nSPS) is 10.3. The van der Waals surface area contributed by atoms with Crippen LogP contribution < -0.4 is 11.1 Å². The Bertz CT molecular complexity index is 527. The van der Waals surface area contributed by atoms with Gasteiger partial charge in [-0.25, -0.2) is 4.98 Å². The molecule has 0 spiro atoms. The Labute approximate surface area is 116 Å². The molecule has 0 aliphatic rings. The quantitative estimate of drug-likeness (QED) is 0.430. The first-order chi connectivity index (χ1) is 9.24. The van der Waals surface area contributed by atoms with Crippen LogP contribution >= 0.6 is 11.8 Å². The number of nitrogen functional groups attached to an aromatic ring is 1. The minimum Gasteiger partial charge on any atom is -0.399 e. The first kappa shape index (κ1) is 13.5. The van der Waals surface area contributed by atoms with E-state index in [1.165, 1.54) is 0 Å². The second-order valence-corrected chi connectivity index (χ2v) is 5.10. The van der Waals surface area contributed by atoms with Gasteiger partial charge in [-0.05, 0) is 24.6 Å². The van der Waals surface area contributed by atoms with E-state index in [1.54, 1.807) is 36.3 Å². The summed E-state index contributed by atoms with van der Waals surface area (Å²) in [6.45, 7) is 0. The Morgan fingerprint density at radius 1 is 1.47 bits per heavy atom. The lowest BCUT2D eigenvalue weighted by Gasteiger charge is -2.05. The lowest BCUT2D eigenvalue weighted by Crippen LogP contribution is -2.11. The molecule has 2 aromatic rings. The number of H-pyrrole nitrogens is 1. The highest BCUT2D eigenvalue weighted by atomic mass is 32.2. The van der Waals surface area contributed by atoms with Gasteiger partial charge in [0.25, 0.3) is 0 Å². The van der Waals surface area contributed by atoms with Gasteiger partial charge in [0.2, 0.25) is 5.91 Å². The number of carbonyl (C=O) groups is 1. The third kappa shape index (κ3) is 4.67. The number of aromatic nitrogens is 2. The number of nitrogens with one attached hydrogen (secondary N) is 2. The number of carbonyl (C=O) groups excluding carboxylic acids is 1. The third-order valence-corrected chi connectivity index (χ3v) is 3.42. The van der Waals surface area contributed by atoms with Crippen LogP contribution in [0.1, 0.15) is 12.8 Å². The highest BCUT2D eigenvalue weighted by Gasteiger charge is 2.03. The molecule has 0 bridgehead atoms. The lowest BCUT2D eigenvalue weighted by atomic mass is 10.2. The third-order valence-electron chi connectivity index (χ3n) is 2.43. The van der Waals surface area contributed by atoms with E-state index >= 15 is 0 Å². The summed E-state index contributed by atoms with van der Waals surface area (Å²) < 4.78 is 0. The molecule has 0 radical (unpaired) electrons. The summed E-state index contributed by atoms with van der Waals surface area (Å²) in [5.41, 5.74) is 7.03. The van der Waals surface area contributed by atoms with Gasteiger partial charge >= 0.3 is 0 Å². The SMILES string of the molecule is Nc1cccc(NC(=O)CCCSc2ncc[nH]2)c1. The molecule has 5 nitrogen and oxygen atoms in total. The fourth-order valence-corrected chi connectivity index (χ4v) is 2.34. The van der Waals surface area contributed by atoms with Crippen LogP contribution in [0, 0.1) is 0 Å². The second kappa shape index (κ2) is 6.84. The molecule has 0 saturated heterocycles. The van der Waals surface area contributed by atoms with Crippen LogP contribution in [0.4, 0.5) is 11.4 Å². The summed E-state index contributed by atoms with van der Waals surface area (Å²) in [5, 5.41) is 3.71. The molecule has 1 aromatic carbocycles. The average molecular weight is 276 g/mol. The molecule has 0 saturated carbocycles. The zero-order chi connectivity index (χ0) is 13.5. The van der Waals surface area contributed by atoms with Gasteiger partial charge in [-0.1, -0.05) is 17.8 Å². The summed E-state index contributed by atoms with van der Waals surface area (Å²) in [5.74, 6) is 0.864. The molecule has 4 N–H and O–H groups in total. The zero-order valence-corrected chi connectivity index (χ0v) is 11.2. The average Bonchev–Trinajstić information content (AvgIpc) is 2.88. The Morgan fingerprint density at radius 3 is 3.11 bits per heavy atom. The first-order valence-corrected chi connectivity index (χ1v) is 7.00. The molecule has 6 heteroatoms. The van der Waals surface area contributed by atoms with Gasteiger partial charge in [-0.15, -0.1) is 0 Å². The van der Waals surface area contributed by atoms with E-state index in [1.807, 2.05) is 12.1 Å². The van der Waals surface area contributed by atoms with Crippen molar-refractivity contribution in [2.24, 2.45) is 0 Å². The van der Waals surface area contributed by atoms with Crippen LogP contribution in [-0.2, 0) is 4.79 Å². The number of hydrogen-bond donors (Lipinski definition) is 3. The van der Waals surface area contributed by atoms with Crippen molar-refractivity contribution in [1.82, 2.24) is 9.97 Å². The molecule has 0 fully saturated rings. The second-order valence-electron chi connectivity index (χ2n) is 4.02. The standard InChI is InChI=1S/C13H16N4OS/c14-10-3-1-4-11(9-10)17-12(18)5-2-8-19-13-15-6-7-16-13/h1,3-4,6-7,9H,2,5,8,14H2,(H,15,16)(H,17,18). The van der Waals surface area contributed by atoms with Gasteiger partial charge in [-0.2, -0.15) is 0 Å². The minimum absolute atomic E-state index is 0.00523. The van der Waals surface area contributed by atoms with Crippen LogP contribution in [0.2, 0.25) is 0 Å².